The van der Waals surface area contributed by atoms with E-state index in [0.717, 1.165) is 0 Å². The van der Waals surface area contributed by atoms with Crippen LogP contribution >= 0.6 is 27.5 Å². The number of carbonyl (C=O) groups is 1. The highest BCUT2D eigenvalue weighted by Gasteiger charge is 2.46. The normalized spacial score (nSPS) is 22.9. The molecule has 2 unspecified atom stereocenters. The minimum atomic E-state index is -4.29. The van der Waals surface area contributed by atoms with Crippen molar-refractivity contribution in [1.29, 1.82) is 0 Å². The molecule has 7 heteroatoms. The van der Waals surface area contributed by atoms with Crippen LogP contribution in [0.25, 0.3) is 0 Å². The summed E-state index contributed by atoms with van der Waals surface area (Å²) in [4.78, 5) is 12.2. The fourth-order valence-corrected chi connectivity index (χ4v) is 3.18. The van der Waals surface area contributed by atoms with Gasteiger partial charge in [-0.05, 0) is 31.0 Å². The molecule has 2 rings (SSSR count). The average molecular weight is 385 g/mol. The summed E-state index contributed by atoms with van der Waals surface area (Å²) in [5.41, 5.74) is 0.178. The largest absolute Gasteiger partial charge is 0.393 e. The van der Waals surface area contributed by atoms with Gasteiger partial charge in [0, 0.05) is 10.5 Å². The first-order valence-corrected chi connectivity index (χ1v) is 7.79. The molecule has 0 spiro atoms. The van der Waals surface area contributed by atoms with Crippen molar-refractivity contribution in [2.75, 3.05) is 0 Å². The number of alkyl halides is 3. The molecule has 1 aliphatic carbocycles. The molecule has 0 radical (unpaired) electrons. The van der Waals surface area contributed by atoms with Gasteiger partial charge in [-0.25, -0.2) is 0 Å². The second-order valence-electron chi connectivity index (χ2n) is 5.14. The van der Waals surface area contributed by atoms with Crippen LogP contribution in [0.15, 0.2) is 22.7 Å². The molecule has 1 N–H and O–H groups in total. The molecule has 1 aromatic carbocycles. The quantitative estimate of drug-likeness (QED) is 0.768. The van der Waals surface area contributed by atoms with Crippen molar-refractivity contribution >= 4 is 33.4 Å². The van der Waals surface area contributed by atoms with Gasteiger partial charge in [0.15, 0.2) is 0 Å². The highest BCUT2D eigenvalue weighted by atomic mass is 79.9. The Balaban J connectivity index is 2.15. The number of amides is 1. The second kappa shape index (κ2) is 6.57. The van der Waals surface area contributed by atoms with E-state index in [2.05, 4.69) is 21.2 Å². The molecule has 0 saturated heterocycles. The molecule has 2 nitrogen and oxygen atoms in total. The molecule has 0 bridgehead atoms. The minimum Gasteiger partial charge on any atom is -0.349 e. The Morgan fingerprint density at radius 2 is 1.95 bits per heavy atom. The zero-order valence-electron chi connectivity index (χ0n) is 11.0. The van der Waals surface area contributed by atoms with E-state index >= 15 is 0 Å². The number of rotatable bonds is 2. The van der Waals surface area contributed by atoms with Crippen LogP contribution in [0.5, 0.6) is 0 Å². The number of hydrogen-bond acceptors (Lipinski definition) is 1. The Kier molecular flexibility index (Phi) is 5.20. The van der Waals surface area contributed by atoms with Crippen molar-refractivity contribution in [3.63, 3.8) is 0 Å². The van der Waals surface area contributed by atoms with E-state index in [-0.39, 0.29) is 17.0 Å². The molecule has 0 aliphatic heterocycles. The van der Waals surface area contributed by atoms with Crippen molar-refractivity contribution in [1.82, 2.24) is 5.32 Å². The van der Waals surface area contributed by atoms with Gasteiger partial charge >= 0.3 is 6.18 Å². The highest BCUT2D eigenvalue weighted by Crippen LogP contribution is 2.38. The molecule has 1 aliphatic rings. The topological polar surface area (TPSA) is 29.1 Å². The van der Waals surface area contributed by atoms with Crippen molar-refractivity contribution < 1.29 is 18.0 Å². The van der Waals surface area contributed by atoms with Gasteiger partial charge in [-0.2, -0.15) is 13.2 Å². The van der Waals surface area contributed by atoms with E-state index in [1.165, 1.54) is 12.1 Å². The van der Waals surface area contributed by atoms with Crippen molar-refractivity contribution in [3.05, 3.63) is 33.3 Å². The third-order valence-electron chi connectivity index (χ3n) is 3.68. The van der Waals surface area contributed by atoms with Gasteiger partial charge in [0.05, 0.1) is 16.5 Å². The van der Waals surface area contributed by atoms with E-state index in [1.807, 2.05) is 0 Å². The fourth-order valence-electron chi connectivity index (χ4n) is 2.61. The number of carbonyl (C=O) groups excluding carboxylic acids is 1. The molecule has 116 valence electrons. The summed E-state index contributed by atoms with van der Waals surface area (Å²) < 4.78 is 39.7. The molecular weight excluding hydrogens is 371 g/mol. The van der Waals surface area contributed by atoms with Crippen LogP contribution in [0.1, 0.15) is 36.0 Å². The zero-order chi connectivity index (χ0) is 15.6. The molecule has 21 heavy (non-hydrogen) atoms. The van der Waals surface area contributed by atoms with E-state index < -0.39 is 24.0 Å². The van der Waals surface area contributed by atoms with Crippen LogP contribution in [0, 0.1) is 5.92 Å². The maximum absolute atomic E-state index is 13.0. The summed E-state index contributed by atoms with van der Waals surface area (Å²) in [5, 5.41) is 2.71. The summed E-state index contributed by atoms with van der Waals surface area (Å²) in [6.07, 6.45) is -2.68. The number of halogens is 5. The standard InChI is InChI=1S/C14H14BrClF3NO/c15-8-5-6-11(16)9(7-8)13(21)20-12-4-2-1-3-10(12)14(17,18)19/h5-7,10,12H,1-4H2,(H,20,21). The van der Waals surface area contributed by atoms with Crippen LogP contribution in [-0.2, 0) is 0 Å². The van der Waals surface area contributed by atoms with Crippen LogP contribution in [0.2, 0.25) is 5.02 Å². The summed E-state index contributed by atoms with van der Waals surface area (Å²) in [6, 6.07) is 3.81. The van der Waals surface area contributed by atoms with Gasteiger partial charge in [-0.3, -0.25) is 4.79 Å². The zero-order valence-corrected chi connectivity index (χ0v) is 13.4. The lowest BCUT2D eigenvalue weighted by molar-refractivity contribution is -0.187. The van der Waals surface area contributed by atoms with E-state index in [1.54, 1.807) is 6.07 Å². The first kappa shape index (κ1) is 16.6. The first-order chi connectivity index (χ1) is 9.79. The molecule has 0 heterocycles. The maximum Gasteiger partial charge on any atom is 0.393 e. The van der Waals surface area contributed by atoms with Crippen LogP contribution < -0.4 is 5.32 Å². The summed E-state index contributed by atoms with van der Waals surface area (Å²) >= 11 is 9.15. The smallest absolute Gasteiger partial charge is 0.349 e. The predicted molar refractivity (Wildman–Crippen MR) is 78.4 cm³/mol. The minimum absolute atomic E-state index is 0.0562. The summed E-state index contributed by atoms with van der Waals surface area (Å²) in [6.45, 7) is 0. The second-order valence-corrected chi connectivity index (χ2v) is 6.46. The predicted octanol–water partition coefficient (Wildman–Crippen LogP) is 4.95. The van der Waals surface area contributed by atoms with Gasteiger partial charge < -0.3 is 5.32 Å². The molecule has 1 aromatic rings. The lowest BCUT2D eigenvalue weighted by atomic mass is 9.84. The van der Waals surface area contributed by atoms with Gasteiger partial charge in [-0.1, -0.05) is 40.4 Å². The third-order valence-corrected chi connectivity index (χ3v) is 4.50. The molecule has 0 aromatic heterocycles. The monoisotopic (exact) mass is 383 g/mol. The summed E-state index contributed by atoms with van der Waals surface area (Å²) in [7, 11) is 0. The number of benzene rings is 1. The molecule has 2 atom stereocenters. The van der Waals surface area contributed by atoms with Crippen molar-refractivity contribution in [3.8, 4) is 0 Å². The van der Waals surface area contributed by atoms with Gasteiger partial charge in [-0.15, -0.1) is 0 Å². The number of nitrogens with one attached hydrogen (secondary N) is 1. The highest BCUT2D eigenvalue weighted by molar-refractivity contribution is 9.10. The van der Waals surface area contributed by atoms with Gasteiger partial charge in [0.2, 0.25) is 0 Å². The van der Waals surface area contributed by atoms with Crippen molar-refractivity contribution in [2.24, 2.45) is 5.92 Å². The Labute approximate surface area is 134 Å². The lowest BCUT2D eigenvalue weighted by Gasteiger charge is -2.33. The molecular formula is C14H14BrClF3NO. The molecule has 1 fully saturated rings. The maximum atomic E-state index is 13.0. The molecule has 1 saturated carbocycles. The Hall–Kier alpha value is -0.750. The third kappa shape index (κ3) is 4.13. The van der Waals surface area contributed by atoms with Crippen molar-refractivity contribution in [2.45, 2.75) is 37.9 Å². The van der Waals surface area contributed by atoms with Gasteiger partial charge in [0.25, 0.3) is 5.91 Å². The van der Waals surface area contributed by atoms with E-state index in [4.69, 9.17) is 11.6 Å². The lowest BCUT2D eigenvalue weighted by Crippen LogP contribution is -2.47. The average Bonchev–Trinajstić information content (AvgIpc) is 2.41. The van der Waals surface area contributed by atoms with Crippen LogP contribution in [0.4, 0.5) is 13.2 Å². The summed E-state index contributed by atoms with van der Waals surface area (Å²) in [5.74, 6) is -2.05. The Morgan fingerprint density at radius 1 is 1.29 bits per heavy atom. The Bertz CT molecular complexity index is 535. The van der Waals surface area contributed by atoms with Crippen LogP contribution in [-0.4, -0.2) is 18.1 Å². The first-order valence-electron chi connectivity index (χ1n) is 6.61. The molecule has 1 amide bonds. The Morgan fingerprint density at radius 3 is 2.62 bits per heavy atom. The SMILES string of the molecule is O=C(NC1CCCCC1C(F)(F)F)c1cc(Br)ccc1Cl. The fraction of sp³-hybridized carbons (Fsp3) is 0.500. The van der Waals surface area contributed by atoms with E-state index in [9.17, 15) is 18.0 Å². The number of hydrogen-bond donors (Lipinski definition) is 1. The van der Waals surface area contributed by atoms with Gasteiger partial charge in [0.1, 0.15) is 0 Å². The van der Waals surface area contributed by atoms with E-state index in [0.29, 0.717) is 23.7 Å². The van der Waals surface area contributed by atoms with Crippen LogP contribution in [0.3, 0.4) is 0 Å².